The molecule has 0 aliphatic rings. The van der Waals surface area contributed by atoms with E-state index in [2.05, 4.69) is 134 Å². The third-order valence-electron chi connectivity index (χ3n) is 6.16. The van der Waals surface area contributed by atoms with Crippen LogP contribution >= 0.6 is 0 Å². The van der Waals surface area contributed by atoms with Gasteiger partial charge in [-0.05, 0) is 23.7 Å². The lowest BCUT2D eigenvalue weighted by atomic mass is 9.13. The maximum absolute atomic E-state index is 8.38. The maximum Gasteiger partial charge on any atom is 0.108 e. The van der Waals surface area contributed by atoms with Crippen LogP contribution in [0.5, 0.6) is 0 Å². The molecule has 0 spiro atoms. The Labute approximate surface area is 202 Å². The van der Waals surface area contributed by atoms with Gasteiger partial charge in [0.05, 0.1) is 12.5 Å². The van der Waals surface area contributed by atoms with Crippen LogP contribution < -0.4 is 21.9 Å². The topological polar surface area (TPSA) is 20.2 Å². The standard InChI is InChI=1S/C24H20B.C6H15OS/c1-5-13-21(14-6-1)25(22-15-7-2-8-16-22,23-17-9-3-10-18-23)24-19-11-4-12-20-24;1-8(2)6-4-3-5-7/h1-20H;7H,3-6H2,1-2H3/q-1;+1. The number of hydrogen-bond donors (Lipinski definition) is 1. The molecule has 4 rings (SSSR count). The first-order chi connectivity index (χ1) is 16.2. The molecule has 0 radical (unpaired) electrons. The first-order valence-corrected chi connectivity index (χ1v) is 13.9. The number of aliphatic hydroxyl groups excluding tert-OH is 1. The summed E-state index contributed by atoms with van der Waals surface area (Å²) < 4.78 is 0. The summed E-state index contributed by atoms with van der Waals surface area (Å²) in [5, 5.41) is 8.38. The molecule has 0 aliphatic heterocycles. The van der Waals surface area contributed by atoms with Gasteiger partial charge in [0.1, 0.15) is 11.9 Å². The van der Waals surface area contributed by atoms with E-state index < -0.39 is 6.15 Å². The third-order valence-corrected chi connectivity index (χ3v) is 7.26. The molecule has 0 fully saturated rings. The van der Waals surface area contributed by atoms with Crippen LogP contribution in [0.3, 0.4) is 0 Å². The Hall–Kier alpha value is -2.75. The number of benzene rings is 4. The molecule has 0 aromatic heterocycles. The van der Waals surface area contributed by atoms with E-state index in [1.807, 2.05) is 0 Å². The highest BCUT2D eigenvalue weighted by Crippen LogP contribution is 2.09. The van der Waals surface area contributed by atoms with Crippen molar-refractivity contribution in [3.8, 4) is 0 Å². The Morgan fingerprint density at radius 1 is 0.515 bits per heavy atom. The molecule has 0 saturated carbocycles. The molecule has 0 bridgehead atoms. The highest BCUT2D eigenvalue weighted by Gasteiger charge is 2.30. The van der Waals surface area contributed by atoms with Crippen molar-refractivity contribution in [2.24, 2.45) is 0 Å². The molecular formula is C30H35BOS. The minimum Gasteiger partial charge on any atom is -0.396 e. The number of rotatable bonds is 8. The van der Waals surface area contributed by atoms with Gasteiger partial charge in [-0.2, -0.15) is 21.9 Å². The number of hydrogen-bond acceptors (Lipinski definition) is 1. The zero-order valence-corrected chi connectivity index (χ0v) is 20.6. The molecule has 0 unspecified atom stereocenters. The Bertz CT molecular complexity index is 874. The number of unbranched alkanes of at least 4 members (excludes halogenated alkanes) is 1. The Morgan fingerprint density at radius 3 is 1.06 bits per heavy atom. The van der Waals surface area contributed by atoms with E-state index in [-0.39, 0.29) is 0 Å². The maximum atomic E-state index is 8.38. The quantitative estimate of drug-likeness (QED) is 0.245. The number of aliphatic hydroxyl groups is 1. The van der Waals surface area contributed by atoms with Crippen molar-refractivity contribution in [2.45, 2.75) is 12.8 Å². The van der Waals surface area contributed by atoms with Gasteiger partial charge < -0.3 is 5.11 Å². The van der Waals surface area contributed by atoms with E-state index >= 15 is 0 Å². The minimum absolute atomic E-state index is 0.358. The molecule has 3 heteroatoms. The van der Waals surface area contributed by atoms with Crippen LogP contribution in [-0.2, 0) is 10.9 Å². The van der Waals surface area contributed by atoms with E-state index in [0.717, 1.165) is 6.42 Å². The highest BCUT2D eigenvalue weighted by molar-refractivity contribution is 7.95. The predicted molar refractivity (Wildman–Crippen MR) is 150 cm³/mol. The SMILES string of the molecule is C[S+](C)CCCCO.c1ccc([B-](c2ccccc2)(c2ccccc2)c2ccccc2)cc1. The smallest absolute Gasteiger partial charge is 0.108 e. The summed E-state index contributed by atoms with van der Waals surface area (Å²) in [6.07, 6.45) is 5.42. The second kappa shape index (κ2) is 13.1. The Morgan fingerprint density at radius 2 is 0.818 bits per heavy atom. The monoisotopic (exact) mass is 454 g/mol. The van der Waals surface area contributed by atoms with E-state index in [9.17, 15) is 0 Å². The van der Waals surface area contributed by atoms with Gasteiger partial charge in [-0.3, -0.25) is 0 Å². The summed E-state index contributed by atoms with van der Waals surface area (Å²) in [7, 11) is 0.572. The van der Waals surface area contributed by atoms with E-state index in [1.165, 1.54) is 34.0 Å². The third kappa shape index (κ3) is 6.40. The predicted octanol–water partition coefficient (Wildman–Crippen LogP) is 3.70. The lowest BCUT2D eigenvalue weighted by Gasteiger charge is -2.44. The van der Waals surface area contributed by atoms with Crippen molar-refractivity contribution in [2.75, 3.05) is 24.9 Å². The second-order valence-corrected chi connectivity index (χ2v) is 11.0. The lowest BCUT2D eigenvalue weighted by Crippen LogP contribution is -2.74. The van der Waals surface area contributed by atoms with Crippen LogP contribution in [-0.4, -0.2) is 36.1 Å². The van der Waals surface area contributed by atoms with E-state index in [4.69, 9.17) is 5.11 Å². The first kappa shape index (κ1) is 24.9. The van der Waals surface area contributed by atoms with Gasteiger partial charge >= 0.3 is 0 Å². The fourth-order valence-corrected chi connectivity index (χ4v) is 5.41. The Balaban J connectivity index is 0.000000331. The molecule has 0 atom stereocenters. The van der Waals surface area contributed by atoms with Crippen LogP contribution in [0.2, 0.25) is 0 Å². The van der Waals surface area contributed by atoms with Gasteiger partial charge in [0.15, 0.2) is 0 Å². The van der Waals surface area contributed by atoms with Crippen molar-refractivity contribution < 1.29 is 5.11 Å². The van der Waals surface area contributed by atoms with E-state index in [1.54, 1.807) is 0 Å². The zero-order chi connectivity index (χ0) is 23.4. The van der Waals surface area contributed by atoms with Gasteiger partial charge in [0.25, 0.3) is 0 Å². The largest absolute Gasteiger partial charge is 0.396 e. The summed E-state index contributed by atoms with van der Waals surface area (Å²) in [6.45, 7) is 0.358. The van der Waals surface area contributed by atoms with Crippen molar-refractivity contribution in [1.29, 1.82) is 0 Å². The van der Waals surface area contributed by atoms with Gasteiger partial charge in [0, 0.05) is 6.61 Å². The van der Waals surface area contributed by atoms with Gasteiger partial charge in [-0.15, -0.1) is 0 Å². The first-order valence-electron chi connectivity index (χ1n) is 11.7. The fraction of sp³-hybridized carbons (Fsp3) is 0.200. The fourth-order valence-electron chi connectivity index (χ4n) is 4.62. The summed E-state index contributed by atoms with van der Waals surface area (Å²) in [5.74, 6) is 1.28. The molecule has 4 aromatic rings. The zero-order valence-electron chi connectivity index (χ0n) is 19.8. The van der Waals surface area contributed by atoms with Crippen LogP contribution in [0.4, 0.5) is 0 Å². The molecule has 0 aliphatic carbocycles. The van der Waals surface area contributed by atoms with Crippen LogP contribution in [0.1, 0.15) is 12.8 Å². The molecule has 4 aromatic carbocycles. The Kier molecular flexibility index (Phi) is 9.87. The normalized spacial score (nSPS) is 11.0. The van der Waals surface area contributed by atoms with Crippen molar-refractivity contribution >= 4 is 38.9 Å². The molecule has 1 nitrogen and oxygen atoms in total. The van der Waals surface area contributed by atoms with Crippen molar-refractivity contribution in [1.82, 2.24) is 0 Å². The molecule has 170 valence electrons. The summed E-state index contributed by atoms with van der Waals surface area (Å²) >= 11 is 0. The highest BCUT2D eigenvalue weighted by atomic mass is 32.2. The van der Waals surface area contributed by atoms with Crippen LogP contribution in [0.25, 0.3) is 0 Å². The lowest BCUT2D eigenvalue weighted by molar-refractivity contribution is 0.287. The van der Waals surface area contributed by atoms with Gasteiger partial charge in [0.2, 0.25) is 0 Å². The summed E-state index contributed by atoms with van der Waals surface area (Å²) in [5.41, 5.74) is 5.36. The molecule has 0 amide bonds. The van der Waals surface area contributed by atoms with E-state index in [0.29, 0.717) is 17.5 Å². The van der Waals surface area contributed by atoms with Crippen molar-refractivity contribution in [3.63, 3.8) is 0 Å². The summed E-state index contributed by atoms with van der Waals surface area (Å²) in [4.78, 5) is 0. The average molecular weight is 454 g/mol. The molecule has 1 N–H and O–H groups in total. The van der Waals surface area contributed by atoms with Crippen LogP contribution in [0.15, 0.2) is 121 Å². The van der Waals surface area contributed by atoms with Crippen molar-refractivity contribution in [3.05, 3.63) is 121 Å². The molecule has 0 heterocycles. The molecular weight excluding hydrogens is 419 g/mol. The summed E-state index contributed by atoms with van der Waals surface area (Å²) in [6, 6.07) is 43.5. The second-order valence-electron chi connectivity index (χ2n) is 8.63. The van der Waals surface area contributed by atoms with Crippen LogP contribution in [0, 0.1) is 0 Å². The average Bonchev–Trinajstić information content (AvgIpc) is 2.88. The minimum atomic E-state index is -1.22. The van der Waals surface area contributed by atoms with Gasteiger partial charge in [-0.1, -0.05) is 121 Å². The molecule has 33 heavy (non-hydrogen) atoms. The molecule has 0 saturated heterocycles. The van der Waals surface area contributed by atoms with Gasteiger partial charge in [-0.25, -0.2) is 0 Å².